The normalized spacial score (nSPS) is 16.2. The summed E-state index contributed by atoms with van der Waals surface area (Å²) in [4.78, 5) is 16.1. The molecule has 1 amide bonds. The number of hydrogen-bond donors (Lipinski definition) is 2. The maximum Gasteiger partial charge on any atom is 0.255 e. The van der Waals surface area contributed by atoms with E-state index >= 15 is 0 Å². The van der Waals surface area contributed by atoms with Gasteiger partial charge in [-0.1, -0.05) is 13.0 Å². The fraction of sp³-hybridized carbons (Fsp3) is 0.238. The quantitative estimate of drug-likeness (QED) is 0.731. The van der Waals surface area contributed by atoms with E-state index in [9.17, 15) is 4.79 Å². The highest BCUT2D eigenvalue weighted by molar-refractivity contribution is 6.06. The van der Waals surface area contributed by atoms with E-state index in [4.69, 9.17) is 5.26 Å². The molecule has 1 aliphatic rings. The van der Waals surface area contributed by atoms with Crippen LogP contribution in [0.4, 0.5) is 5.69 Å². The Balaban J connectivity index is 1.66. The second-order valence-electron chi connectivity index (χ2n) is 6.84. The number of carbonyl (C=O) groups is 1. The minimum absolute atomic E-state index is 0.157. The summed E-state index contributed by atoms with van der Waals surface area (Å²) in [5.41, 5.74) is 5.56. The van der Waals surface area contributed by atoms with Crippen molar-refractivity contribution in [2.24, 2.45) is 5.92 Å². The van der Waals surface area contributed by atoms with E-state index in [1.165, 1.54) is 17.7 Å². The molecule has 3 aromatic rings. The Bertz CT molecular complexity index is 1010. The van der Waals surface area contributed by atoms with Gasteiger partial charge in [-0.25, -0.2) is 0 Å². The number of nitrogens with zero attached hydrogens (tertiary/aromatic N) is 1. The molecule has 1 heterocycles. The number of aromatic nitrogens is 1. The van der Waals surface area contributed by atoms with Crippen LogP contribution in [-0.2, 0) is 12.8 Å². The molecule has 0 fully saturated rings. The van der Waals surface area contributed by atoms with Gasteiger partial charge in [0, 0.05) is 27.8 Å². The van der Waals surface area contributed by atoms with Crippen molar-refractivity contribution in [2.45, 2.75) is 26.2 Å². The molecule has 4 rings (SSSR count). The third-order valence-electron chi connectivity index (χ3n) is 4.95. The average Bonchev–Trinajstić information content (AvgIpc) is 2.99. The number of aromatic amines is 1. The van der Waals surface area contributed by atoms with E-state index in [1.54, 1.807) is 24.3 Å². The summed E-state index contributed by atoms with van der Waals surface area (Å²) >= 11 is 0. The molecule has 0 radical (unpaired) electrons. The number of nitriles is 1. The Morgan fingerprint density at radius 1 is 1.28 bits per heavy atom. The van der Waals surface area contributed by atoms with E-state index in [0.717, 1.165) is 23.7 Å². The van der Waals surface area contributed by atoms with Gasteiger partial charge in [-0.2, -0.15) is 5.26 Å². The summed E-state index contributed by atoms with van der Waals surface area (Å²) in [6.45, 7) is 2.28. The molecule has 4 nitrogen and oxygen atoms in total. The Kier molecular flexibility index (Phi) is 3.77. The van der Waals surface area contributed by atoms with Crippen LogP contribution in [-0.4, -0.2) is 10.9 Å². The summed E-state index contributed by atoms with van der Waals surface area (Å²) in [6.07, 6.45) is 3.35. The summed E-state index contributed by atoms with van der Waals surface area (Å²) in [5.74, 6) is 0.522. The van der Waals surface area contributed by atoms with Gasteiger partial charge in [0.25, 0.3) is 5.91 Å². The zero-order valence-corrected chi connectivity index (χ0v) is 14.1. The maximum atomic E-state index is 12.6. The second-order valence-corrected chi connectivity index (χ2v) is 6.84. The van der Waals surface area contributed by atoms with E-state index in [1.807, 2.05) is 18.2 Å². The molecule has 124 valence electrons. The topological polar surface area (TPSA) is 68.7 Å². The van der Waals surface area contributed by atoms with Gasteiger partial charge in [0.1, 0.15) is 0 Å². The number of hydrogen-bond acceptors (Lipinski definition) is 2. The van der Waals surface area contributed by atoms with Gasteiger partial charge in [0.05, 0.1) is 11.6 Å². The largest absolute Gasteiger partial charge is 0.358 e. The van der Waals surface area contributed by atoms with Crippen molar-refractivity contribution in [3.63, 3.8) is 0 Å². The summed E-state index contributed by atoms with van der Waals surface area (Å²) in [7, 11) is 0. The van der Waals surface area contributed by atoms with Crippen LogP contribution in [0.5, 0.6) is 0 Å². The lowest BCUT2D eigenvalue weighted by atomic mass is 9.87. The molecule has 1 aromatic heterocycles. The minimum atomic E-state index is -0.157. The summed E-state index contributed by atoms with van der Waals surface area (Å²) < 4.78 is 0. The second kappa shape index (κ2) is 6.10. The molecule has 0 spiro atoms. The molecule has 2 N–H and O–H groups in total. The minimum Gasteiger partial charge on any atom is -0.358 e. The number of fused-ring (bicyclic) bond motifs is 3. The van der Waals surface area contributed by atoms with Crippen LogP contribution in [0.1, 0.15) is 40.5 Å². The molecule has 0 saturated heterocycles. The van der Waals surface area contributed by atoms with Crippen LogP contribution in [0, 0.1) is 17.2 Å². The van der Waals surface area contributed by atoms with Crippen LogP contribution in [0.2, 0.25) is 0 Å². The first kappa shape index (κ1) is 15.5. The highest BCUT2D eigenvalue weighted by atomic mass is 16.1. The highest BCUT2D eigenvalue weighted by Crippen LogP contribution is 2.32. The molecule has 0 unspecified atom stereocenters. The van der Waals surface area contributed by atoms with E-state index < -0.39 is 0 Å². The van der Waals surface area contributed by atoms with Gasteiger partial charge in [-0.15, -0.1) is 0 Å². The van der Waals surface area contributed by atoms with Crippen LogP contribution in [0.3, 0.4) is 0 Å². The van der Waals surface area contributed by atoms with Crippen molar-refractivity contribution in [1.29, 1.82) is 5.26 Å². The van der Waals surface area contributed by atoms with Crippen molar-refractivity contribution in [2.75, 3.05) is 5.32 Å². The van der Waals surface area contributed by atoms with Crippen molar-refractivity contribution >= 4 is 22.5 Å². The van der Waals surface area contributed by atoms with Gasteiger partial charge >= 0.3 is 0 Å². The van der Waals surface area contributed by atoms with E-state index in [-0.39, 0.29) is 5.91 Å². The van der Waals surface area contributed by atoms with Crippen LogP contribution in [0.25, 0.3) is 10.9 Å². The molecule has 2 aromatic carbocycles. The van der Waals surface area contributed by atoms with Gasteiger partial charge in [0.2, 0.25) is 0 Å². The molecule has 1 aliphatic carbocycles. The SMILES string of the molecule is C[C@@H]1CCc2[nH]c3ccc(C(=O)Nc4cccc(C#N)c4)cc3c2C1. The number of carbonyl (C=O) groups excluding carboxylic acids is 1. The number of H-pyrrole nitrogens is 1. The lowest BCUT2D eigenvalue weighted by Gasteiger charge is -2.18. The van der Waals surface area contributed by atoms with E-state index in [2.05, 4.69) is 23.3 Å². The first-order valence-electron chi connectivity index (χ1n) is 8.59. The number of anilines is 1. The zero-order valence-electron chi connectivity index (χ0n) is 14.1. The number of rotatable bonds is 2. The first-order valence-corrected chi connectivity index (χ1v) is 8.59. The van der Waals surface area contributed by atoms with Crippen molar-refractivity contribution in [1.82, 2.24) is 4.98 Å². The fourth-order valence-electron chi connectivity index (χ4n) is 3.60. The van der Waals surface area contributed by atoms with Crippen LogP contribution >= 0.6 is 0 Å². The number of nitrogens with one attached hydrogen (secondary N) is 2. The van der Waals surface area contributed by atoms with Crippen molar-refractivity contribution < 1.29 is 4.79 Å². The zero-order chi connectivity index (χ0) is 17.4. The Morgan fingerprint density at radius 3 is 3.00 bits per heavy atom. The van der Waals surface area contributed by atoms with Gasteiger partial charge < -0.3 is 10.3 Å². The third kappa shape index (κ3) is 2.89. The molecule has 0 aliphatic heterocycles. The lowest BCUT2D eigenvalue weighted by Crippen LogP contribution is -2.12. The summed E-state index contributed by atoms with van der Waals surface area (Å²) in [5, 5.41) is 13.0. The van der Waals surface area contributed by atoms with Gasteiger partial charge in [-0.3, -0.25) is 4.79 Å². The predicted molar refractivity (Wildman–Crippen MR) is 98.6 cm³/mol. The van der Waals surface area contributed by atoms with Gasteiger partial charge in [-0.05, 0) is 67.1 Å². The predicted octanol–water partition coefficient (Wildman–Crippen LogP) is 4.42. The smallest absolute Gasteiger partial charge is 0.255 e. The number of amides is 1. The van der Waals surface area contributed by atoms with Crippen LogP contribution < -0.4 is 5.32 Å². The van der Waals surface area contributed by atoms with E-state index in [0.29, 0.717) is 22.7 Å². The first-order chi connectivity index (χ1) is 12.1. The maximum absolute atomic E-state index is 12.6. The van der Waals surface area contributed by atoms with Crippen molar-refractivity contribution in [3.05, 3.63) is 64.8 Å². The van der Waals surface area contributed by atoms with Crippen LogP contribution in [0.15, 0.2) is 42.5 Å². The Hall–Kier alpha value is -3.06. The van der Waals surface area contributed by atoms with Gasteiger partial charge in [0.15, 0.2) is 0 Å². The average molecular weight is 329 g/mol. The molecular weight excluding hydrogens is 310 g/mol. The Morgan fingerprint density at radius 2 is 2.16 bits per heavy atom. The summed E-state index contributed by atoms with van der Waals surface area (Å²) in [6, 6.07) is 14.8. The standard InChI is InChI=1S/C21H19N3O/c1-13-5-7-19-17(9-13)18-11-15(6-8-20(18)24-19)21(25)23-16-4-2-3-14(10-16)12-22/h2-4,6,8,10-11,13,24H,5,7,9H2,1H3,(H,23,25)/t13-/m1/s1. The highest BCUT2D eigenvalue weighted by Gasteiger charge is 2.20. The fourth-order valence-corrected chi connectivity index (χ4v) is 3.60. The third-order valence-corrected chi connectivity index (χ3v) is 4.95. The molecule has 1 atom stereocenters. The number of aryl methyl sites for hydroxylation is 1. The monoisotopic (exact) mass is 329 g/mol. The lowest BCUT2D eigenvalue weighted by molar-refractivity contribution is 0.102. The molecule has 0 saturated carbocycles. The molecule has 25 heavy (non-hydrogen) atoms. The molecule has 4 heteroatoms. The molecule has 0 bridgehead atoms. The molecular formula is C21H19N3O. The number of benzene rings is 2. The van der Waals surface area contributed by atoms with Crippen molar-refractivity contribution in [3.8, 4) is 6.07 Å². The Labute approximate surface area is 146 Å².